The van der Waals surface area contributed by atoms with Gasteiger partial charge in [-0.15, -0.1) is 0 Å². The van der Waals surface area contributed by atoms with Crippen LogP contribution in [0.25, 0.3) is 11.0 Å². The fraction of sp³-hybridized carbons (Fsp3) is 0.553. The summed E-state index contributed by atoms with van der Waals surface area (Å²) >= 11 is 0. The van der Waals surface area contributed by atoms with Crippen LogP contribution in [0, 0.1) is 18.8 Å². The van der Waals surface area contributed by atoms with Gasteiger partial charge in [0.15, 0.2) is 0 Å². The zero-order valence-corrected chi connectivity index (χ0v) is 30.9. The number of aryl methyl sites for hydroxylation is 1. The fourth-order valence-electron chi connectivity index (χ4n) is 8.73. The topological polar surface area (TPSA) is 142 Å². The Balaban J connectivity index is 1.04. The van der Waals surface area contributed by atoms with E-state index in [-0.39, 0.29) is 35.9 Å². The second-order valence-electron chi connectivity index (χ2n) is 15.2. The molecule has 0 bridgehead atoms. The number of rotatable bonds is 9. The van der Waals surface area contributed by atoms with Gasteiger partial charge in [0.2, 0.25) is 0 Å². The summed E-state index contributed by atoms with van der Waals surface area (Å²) in [6.45, 7) is 6.40. The van der Waals surface area contributed by atoms with Gasteiger partial charge in [0.05, 0.1) is 36.4 Å². The summed E-state index contributed by atoms with van der Waals surface area (Å²) in [5.74, 6) is 0.326. The van der Waals surface area contributed by atoms with Crippen molar-refractivity contribution < 1.29 is 31.9 Å². The third-order valence-electron chi connectivity index (χ3n) is 11.8. The van der Waals surface area contributed by atoms with E-state index in [0.29, 0.717) is 61.2 Å². The number of methoxy groups -OCH3 is 1. The minimum absolute atomic E-state index is 0.0662. The molecule has 1 aromatic heterocycles. The van der Waals surface area contributed by atoms with Gasteiger partial charge in [0.25, 0.3) is 11.8 Å². The Morgan fingerprint density at radius 2 is 1.75 bits per heavy atom. The summed E-state index contributed by atoms with van der Waals surface area (Å²) in [6.07, 6.45) is 4.79. The Bertz CT molecular complexity index is 2070. The Hall–Kier alpha value is -3.98. The van der Waals surface area contributed by atoms with Gasteiger partial charge in [0, 0.05) is 68.6 Å². The molecule has 8 rings (SSSR count). The van der Waals surface area contributed by atoms with Gasteiger partial charge in [-0.05, 0) is 100 Å². The van der Waals surface area contributed by atoms with E-state index in [1.165, 1.54) is 22.9 Å². The molecular formula is C38H47N5O8S. The van der Waals surface area contributed by atoms with Gasteiger partial charge in [-0.25, -0.2) is 9.52 Å². The van der Waals surface area contributed by atoms with Crippen molar-refractivity contribution in [2.45, 2.75) is 64.1 Å². The molecule has 2 unspecified atom stereocenters. The van der Waals surface area contributed by atoms with E-state index in [1.54, 1.807) is 18.1 Å². The molecule has 3 aliphatic heterocycles. The number of hydrogen-bond donors (Lipinski definition) is 1. The molecule has 13 nitrogen and oxygen atoms in total. The van der Waals surface area contributed by atoms with Gasteiger partial charge in [-0.3, -0.25) is 14.5 Å². The van der Waals surface area contributed by atoms with Crippen LogP contribution >= 0.6 is 0 Å². The zero-order valence-electron chi connectivity index (χ0n) is 30.1. The Morgan fingerprint density at radius 3 is 2.50 bits per heavy atom. The first kappa shape index (κ1) is 35.1. The first-order valence-corrected chi connectivity index (χ1v) is 19.9. The normalized spacial score (nSPS) is 24.9. The first-order chi connectivity index (χ1) is 25.0. The maximum absolute atomic E-state index is 14.0. The number of fused-ring (bicyclic) bond motifs is 4. The van der Waals surface area contributed by atoms with Gasteiger partial charge >= 0.3 is 15.8 Å². The highest BCUT2D eigenvalue weighted by Crippen LogP contribution is 2.52. The number of amides is 2. The van der Waals surface area contributed by atoms with Crippen LogP contribution in [-0.2, 0) is 27.9 Å². The second-order valence-corrected chi connectivity index (χ2v) is 16.8. The molecule has 3 aromatic rings. The van der Waals surface area contributed by atoms with Crippen LogP contribution in [0.15, 0.2) is 39.5 Å². The monoisotopic (exact) mass is 733 g/mol. The summed E-state index contributed by atoms with van der Waals surface area (Å²) in [5.41, 5.74) is 3.80. The predicted molar refractivity (Wildman–Crippen MR) is 195 cm³/mol. The zero-order chi connectivity index (χ0) is 36.3. The quantitative estimate of drug-likeness (QED) is 0.326. The smallest absolute Gasteiger partial charge is 0.341 e. The number of nitrogens with one attached hydrogen (secondary N) is 1. The minimum atomic E-state index is -4.01. The van der Waals surface area contributed by atoms with Crippen molar-refractivity contribution in [3.8, 4) is 5.75 Å². The minimum Gasteiger partial charge on any atom is -0.490 e. The van der Waals surface area contributed by atoms with Crippen LogP contribution in [-0.4, -0.2) is 107 Å². The largest absolute Gasteiger partial charge is 0.490 e. The van der Waals surface area contributed by atoms with Gasteiger partial charge in [-0.2, -0.15) is 12.7 Å². The van der Waals surface area contributed by atoms with Crippen molar-refractivity contribution in [2.75, 3.05) is 64.9 Å². The van der Waals surface area contributed by atoms with Crippen LogP contribution < -0.4 is 20.0 Å². The summed E-state index contributed by atoms with van der Waals surface area (Å²) < 4.78 is 47.1. The lowest BCUT2D eigenvalue weighted by Gasteiger charge is -2.41. The number of likely N-dealkylation sites (N-methyl/N-ethyl adjacent to an activating group) is 1. The van der Waals surface area contributed by atoms with Crippen molar-refractivity contribution in [1.82, 2.24) is 18.8 Å². The first-order valence-electron chi connectivity index (χ1n) is 18.4. The highest BCUT2D eigenvalue weighted by Gasteiger charge is 2.47. The van der Waals surface area contributed by atoms with Crippen LogP contribution in [0.3, 0.4) is 0 Å². The summed E-state index contributed by atoms with van der Waals surface area (Å²) in [4.78, 5) is 47.2. The number of piperazine rings is 1. The fourth-order valence-corrected chi connectivity index (χ4v) is 9.94. The average Bonchev–Trinajstić information content (AvgIpc) is 3.45. The Labute approximate surface area is 304 Å². The SMILES string of the molecule is COC[C@H]1CN(c2ccc3c4c(c(=O)oc3c2C)CN(C(=O)c2ccc(C(=O)NS(=O)(=O)N3CCCC3)c(OC3CC5CC5C3)c2)CC4)CCN1C. The predicted octanol–water partition coefficient (Wildman–Crippen LogP) is 3.31. The standard InChI is InChI=1S/C38H47N5O8S/c1-23-33(41-15-14-40(2)27(20-41)22-49-3)9-8-30-29-10-13-42(21-32(29)38(46)51-35(23)30)37(45)24-6-7-31(34(19-24)50-28-17-25-16-26(25)18-28)36(44)39-52(47,48)43-11-4-5-12-43/h6-9,19,25-28H,4-5,10-18,20-22H2,1-3H3,(H,39,44)/t25?,26?,27-,28?/m1/s1. The van der Waals surface area contributed by atoms with Crippen LogP contribution in [0.1, 0.15) is 69.5 Å². The van der Waals surface area contributed by atoms with Crippen LogP contribution in [0.4, 0.5) is 5.69 Å². The number of anilines is 1. The van der Waals surface area contributed by atoms with E-state index in [1.807, 2.05) is 13.0 Å². The molecule has 52 heavy (non-hydrogen) atoms. The number of benzene rings is 2. The maximum Gasteiger partial charge on any atom is 0.341 e. The van der Waals surface area contributed by atoms with E-state index in [2.05, 4.69) is 27.6 Å². The number of carbonyl (C=O) groups excluding carboxylic acids is 2. The molecular weight excluding hydrogens is 687 g/mol. The molecule has 2 saturated heterocycles. The number of carbonyl (C=O) groups is 2. The lowest BCUT2D eigenvalue weighted by atomic mass is 9.95. The van der Waals surface area contributed by atoms with Crippen molar-refractivity contribution in [1.29, 1.82) is 0 Å². The van der Waals surface area contributed by atoms with Crippen molar-refractivity contribution >= 4 is 38.7 Å². The molecule has 2 aliphatic carbocycles. The maximum atomic E-state index is 14.0. The van der Waals surface area contributed by atoms with E-state index >= 15 is 0 Å². The number of nitrogens with zero attached hydrogens (tertiary/aromatic N) is 4. The van der Waals surface area contributed by atoms with E-state index in [0.717, 1.165) is 67.5 Å². The van der Waals surface area contributed by atoms with Crippen molar-refractivity contribution in [2.24, 2.45) is 11.8 Å². The van der Waals surface area contributed by atoms with Crippen molar-refractivity contribution in [3.05, 3.63) is 68.6 Å². The molecule has 2 saturated carbocycles. The molecule has 278 valence electrons. The molecule has 5 aliphatic rings. The van der Waals surface area contributed by atoms with Gasteiger partial charge in [-0.1, -0.05) is 0 Å². The van der Waals surface area contributed by atoms with E-state index in [4.69, 9.17) is 13.9 Å². The highest BCUT2D eigenvalue weighted by atomic mass is 32.2. The van der Waals surface area contributed by atoms with Crippen molar-refractivity contribution in [3.63, 3.8) is 0 Å². The number of hydrogen-bond acceptors (Lipinski definition) is 10. The molecule has 0 radical (unpaired) electrons. The van der Waals surface area contributed by atoms with Gasteiger partial charge < -0.3 is 23.7 Å². The molecule has 4 heterocycles. The number of ether oxygens (including phenoxy) is 2. The molecule has 1 N–H and O–H groups in total. The lowest BCUT2D eigenvalue weighted by molar-refractivity contribution is 0.0731. The second kappa shape index (κ2) is 13.8. The molecule has 2 aromatic carbocycles. The van der Waals surface area contributed by atoms with Crippen LogP contribution in [0.5, 0.6) is 5.75 Å². The molecule has 4 fully saturated rings. The summed E-state index contributed by atoms with van der Waals surface area (Å²) in [7, 11) is -0.181. The van der Waals surface area contributed by atoms with Gasteiger partial charge in [0.1, 0.15) is 11.3 Å². The Kier molecular flexibility index (Phi) is 9.29. The average molecular weight is 734 g/mol. The molecule has 14 heteroatoms. The van der Waals surface area contributed by atoms with Crippen LogP contribution in [0.2, 0.25) is 0 Å². The highest BCUT2D eigenvalue weighted by molar-refractivity contribution is 7.87. The lowest BCUT2D eigenvalue weighted by Crippen LogP contribution is -2.53. The molecule has 3 atom stereocenters. The molecule has 2 amide bonds. The summed E-state index contributed by atoms with van der Waals surface area (Å²) in [6, 6.07) is 8.93. The van der Waals surface area contributed by atoms with E-state index in [9.17, 15) is 22.8 Å². The van der Waals surface area contributed by atoms with E-state index < -0.39 is 21.7 Å². The third kappa shape index (κ3) is 6.58. The third-order valence-corrected chi connectivity index (χ3v) is 13.3. The summed E-state index contributed by atoms with van der Waals surface area (Å²) in [5, 5.41) is 0.884. The molecule has 0 spiro atoms. The Morgan fingerprint density at radius 1 is 0.981 bits per heavy atom.